The first-order valence-corrected chi connectivity index (χ1v) is 12.0. The van der Waals surface area contributed by atoms with Gasteiger partial charge in [0.25, 0.3) is 0 Å². The Hall–Kier alpha value is -0.413. The van der Waals surface area contributed by atoms with Crippen molar-refractivity contribution in [2.75, 3.05) is 6.61 Å². The van der Waals surface area contributed by atoms with Crippen LogP contribution in [-0.4, -0.2) is 39.0 Å². The molecule has 1 aromatic rings. The smallest absolute Gasteiger partial charge is 0.192 e. The Balaban J connectivity index is 2.92. The van der Waals surface area contributed by atoms with Crippen molar-refractivity contribution in [3.63, 3.8) is 0 Å². The molecule has 1 N–H and O–H groups in total. The summed E-state index contributed by atoms with van der Waals surface area (Å²) in [4.78, 5) is 4.30. The summed E-state index contributed by atoms with van der Waals surface area (Å²) in [5, 5.41) is 4.25. The SMILES string of the molecule is Cn1ncnc1[C@@H](CO[Si](C)(C)C(C)(C)C)N[S@@+]([O-])C(C)(C)C. The van der Waals surface area contributed by atoms with Crippen molar-refractivity contribution in [2.24, 2.45) is 7.05 Å². The molecule has 2 atom stereocenters. The van der Waals surface area contributed by atoms with E-state index in [0.29, 0.717) is 6.61 Å². The van der Waals surface area contributed by atoms with Crippen LogP contribution in [0.15, 0.2) is 6.33 Å². The largest absolute Gasteiger partial charge is 0.598 e. The Labute approximate surface area is 144 Å². The lowest BCUT2D eigenvalue weighted by Gasteiger charge is -2.37. The number of nitrogens with one attached hydrogen (secondary N) is 1. The predicted molar refractivity (Wildman–Crippen MR) is 97.9 cm³/mol. The quantitative estimate of drug-likeness (QED) is 0.623. The minimum absolute atomic E-state index is 0.126. The van der Waals surface area contributed by atoms with Gasteiger partial charge in [-0.1, -0.05) is 20.8 Å². The molecule has 0 aliphatic rings. The molecule has 0 saturated carbocycles. The first kappa shape index (κ1) is 20.6. The molecule has 23 heavy (non-hydrogen) atoms. The Morgan fingerprint density at radius 2 is 1.87 bits per heavy atom. The Kier molecular flexibility index (Phi) is 6.48. The fourth-order valence-electron chi connectivity index (χ4n) is 1.60. The second kappa shape index (κ2) is 7.22. The van der Waals surface area contributed by atoms with E-state index < -0.39 is 19.7 Å². The molecule has 6 nitrogen and oxygen atoms in total. The maximum atomic E-state index is 12.5. The Bertz CT molecular complexity index is 508. The summed E-state index contributed by atoms with van der Waals surface area (Å²) < 4.78 is 23.3. The van der Waals surface area contributed by atoms with Gasteiger partial charge in [0, 0.05) is 18.4 Å². The maximum Gasteiger partial charge on any atom is 0.192 e. The lowest BCUT2D eigenvalue weighted by Crippen LogP contribution is -2.46. The minimum Gasteiger partial charge on any atom is -0.598 e. The summed E-state index contributed by atoms with van der Waals surface area (Å²) >= 11 is -1.21. The zero-order valence-corrected chi connectivity index (χ0v) is 17.7. The van der Waals surface area contributed by atoms with E-state index in [0.717, 1.165) is 5.82 Å². The van der Waals surface area contributed by atoms with Crippen molar-refractivity contribution >= 4 is 19.7 Å². The van der Waals surface area contributed by atoms with Crippen molar-refractivity contribution in [1.82, 2.24) is 19.5 Å². The lowest BCUT2D eigenvalue weighted by atomic mass is 10.2. The molecule has 134 valence electrons. The fraction of sp³-hybridized carbons (Fsp3) is 0.867. The second-order valence-corrected chi connectivity index (χ2v) is 15.2. The van der Waals surface area contributed by atoms with Crippen molar-refractivity contribution in [2.45, 2.75) is 70.5 Å². The van der Waals surface area contributed by atoms with Gasteiger partial charge in [-0.15, -0.1) is 4.72 Å². The zero-order chi connectivity index (χ0) is 18.1. The van der Waals surface area contributed by atoms with E-state index in [1.165, 1.54) is 6.33 Å². The highest BCUT2D eigenvalue weighted by molar-refractivity contribution is 7.90. The third kappa shape index (κ3) is 5.56. The Morgan fingerprint density at radius 1 is 1.30 bits per heavy atom. The number of hydrogen-bond acceptors (Lipinski definition) is 5. The molecular weight excluding hydrogens is 328 g/mol. The molecule has 0 radical (unpaired) electrons. The summed E-state index contributed by atoms with van der Waals surface area (Å²) in [6, 6.07) is -0.253. The molecule has 0 aliphatic heterocycles. The van der Waals surface area contributed by atoms with Gasteiger partial charge in [0.15, 0.2) is 14.1 Å². The van der Waals surface area contributed by atoms with Gasteiger partial charge in [0.05, 0.1) is 6.61 Å². The summed E-state index contributed by atoms with van der Waals surface area (Å²) in [5.41, 5.74) is 0. The average Bonchev–Trinajstić information content (AvgIpc) is 2.77. The van der Waals surface area contributed by atoms with Gasteiger partial charge in [-0.2, -0.15) is 5.10 Å². The van der Waals surface area contributed by atoms with Crippen LogP contribution < -0.4 is 4.72 Å². The highest BCUT2D eigenvalue weighted by Crippen LogP contribution is 2.37. The van der Waals surface area contributed by atoms with Gasteiger partial charge < -0.3 is 8.98 Å². The molecule has 0 amide bonds. The number of rotatable bonds is 6. The second-order valence-electron chi connectivity index (χ2n) is 8.36. The third-order valence-electron chi connectivity index (χ3n) is 4.28. The molecule has 1 heterocycles. The van der Waals surface area contributed by atoms with Crippen LogP contribution >= 0.6 is 0 Å². The van der Waals surface area contributed by atoms with Crippen LogP contribution in [0.4, 0.5) is 0 Å². The van der Waals surface area contributed by atoms with Crippen LogP contribution in [0, 0.1) is 0 Å². The normalized spacial score (nSPS) is 16.4. The van der Waals surface area contributed by atoms with E-state index in [1.807, 2.05) is 27.8 Å². The van der Waals surface area contributed by atoms with Crippen molar-refractivity contribution in [1.29, 1.82) is 0 Å². The van der Waals surface area contributed by atoms with Crippen LogP contribution in [-0.2, 0) is 22.8 Å². The number of aromatic nitrogens is 3. The van der Waals surface area contributed by atoms with E-state index in [-0.39, 0.29) is 15.8 Å². The zero-order valence-electron chi connectivity index (χ0n) is 15.9. The molecule has 0 aliphatic carbocycles. The van der Waals surface area contributed by atoms with Crippen LogP contribution in [0.2, 0.25) is 18.1 Å². The van der Waals surface area contributed by atoms with Crippen molar-refractivity contribution < 1.29 is 8.98 Å². The molecule has 0 saturated heterocycles. The van der Waals surface area contributed by atoms with Crippen molar-refractivity contribution in [3.05, 3.63) is 12.2 Å². The topological polar surface area (TPSA) is 75.0 Å². The van der Waals surface area contributed by atoms with E-state index in [1.54, 1.807) is 4.68 Å². The molecule has 0 bridgehead atoms. The van der Waals surface area contributed by atoms with Gasteiger partial charge in [-0.05, 0) is 38.9 Å². The Morgan fingerprint density at radius 3 is 2.26 bits per heavy atom. The highest BCUT2D eigenvalue weighted by Gasteiger charge is 2.39. The van der Waals surface area contributed by atoms with E-state index in [2.05, 4.69) is 48.7 Å². The monoisotopic (exact) mass is 360 g/mol. The average molecular weight is 361 g/mol. The molecule has 1 rings (SSSR count). The fourth-order valence-corrected chi connectivity index (χ4v) is 3.40. The van der Waals surface area contributed by atoms with Gasteiger partial charge in [-0.25, -0.2) is 4.98 Å². The van der Waals surface area contributed by atoms with Crippen molar-refractivity contribution in [3.8, 4) is 0 Å². The number of nitrogens with zero attached hydrogens (tertiary/aromatic N) is 3. The van der Waals surface area contributed by atoms with Gasteiger partial charge in [0.2, 0.25) is 0 Å². The van der Waals surface area contributed by atoms with Crippen LogP contribution in [0.3, 0.4) is 0 Å². The standard InChI is InChI=1S/C15H32N4O2SSi/c1-14(2,3)22(20)18-12(13-16-11-17-19(13)7)10-21-23(8,9)15(4,5)6/h11-12,18H,10H2,1-9H3/t12-,22+/m1/s1. The minimum atomic E-state index is -1.89. The molecular formula is C15H32N4O2SSi. The molecule has 1 aromatic heterocycles. The van der Waals surface area contributed by atoms with Crippen LogP contribution in [0.5, 0.6) is 0 Å². The maximum absolute atomic E-state index is 12.5. The third-order valence-corrected chi connectivity index (χ3v) is 10.4. The lowest BCUT2D eigenvalue weighted by molar-refractivity contribution is 0.249. The number of hydrogen-bond donors (Lipinski definition) is 1. The molecule has 0 spiro atoms. The highest BCUT2D eigenvalue weighted by atomic mass is 32.2. The van der Waals surface area contributed by atoms with E-state index in [9.17, 15) is 4.55 Å². The summed E-state index contributed by atoms with van der Waals surface area (Å²) in [5.74, 6) is 0.737. The molecule has 8 heteroatoms. The molecule has 0 fully saturated rings. The predicted octanol–water partition coefficient (Wildman–Crippen LogP) is 2.93. The van der Waals surface area contributed by atoms with Gasteiger partial charge in [-0.3, -0.25) is 4.68 Å². The summed E-state index contributed by atoms with van der Waals surface area (Å²) in [6.07, 6.45) is 1.51. The summed E-state index contributed by atoms with van der Waals surface area (Å²) in [6.45, 7) is 17.3. The van der Waals surface area contributed by atoms with E-state index >= 15 is 0 Å². The molecule has 0 aromatic carbocycles. The first-order valence-electron chi connectivity index (χ1n) is 7.91. The molecule has 0 unspecified atom stereocenters. The van der Waals surface area contributed by atoms with Gasteiger partial charge >= 0.3 is 0 Å². The summed E-state index contributed by atoms with van der Waals surface area (Å²) in [7, 11) is -0.0542. The van der Waals surface area contributed by atoms with Crippen LogP contribution in [0.1, 0.15) is 53.4 Å². The van der Waals surface area contributed by atoms with E-state index in [4.69, 9.17) is 4.43 Å². The number of aryl methyl sites for hydroxylation is 1. The first-order chi connectivity index (χ1) is 10.3. The van der Waals surface area contributed by atoms with Gasteiger partial charge in [0.1, 0.15) is 17.1 Å². The van der Waals surface area contributed by atoms with Crippen LogP contribution in [0.25, 0.3) is 0 Å².